The quantitative estimate of drug-likeness (QED) is 0.746. The van der Waals surface area contributed by atoms with Crippen LogP contribution in [-0.2, 0) is 11.3 Å². The number of methoxy groups -OCH3 is 1. The van der Waals surface area contributed by atoms with Crippen LogP contribution in [0.15, 0.2) is 24.3 Å². The van der Waals surface area contributed by atoms with E-state index in [4.69, 9.17) is 14.5 Å². The molecule has 0 aliphatic heterocycles. The predicted octanol–water partition coefficient (Wildman–Crippen LogP) is 3.99. The normalized spacial score (nSPS) is 10.8. The monoisotopic (exact) mass is 288 g/mol. The summed E-state index contributed by atoms with van der Waals surface area (Å²) in [5.74, 6) is 1.72. The molecule has 0 saturated carbocycles. The van der Waals surface area contributed by atoms with E-state index in [0.29, 0.717) is 6.61 Å². The predicted molar refractivity (Wildman–Crippen MR) is 87.0 cm³/mol. The van der Waals surface area contributed by atoms with Crippen LogP contribution in [0.1, 0.15) is 32.3 Å². The van der Waals surface area contributed by atoms with Crippen LogP contribution in [0.4, 0.5) is 5.82 Å². The molecule has 0 atom stereocenters. The first kappa shape index (κ1) is 15.6. The number of nitrogens with zero attached hydrogens (tertiary/aromatic N) is 1. The molecule has 21 heavy (non-hydrogen) atoms. The third-order valence-electron chi connectivity index (χ3n) is 3.35. The van der Waals surface area contributed by atoms with Crippen LogP contribution >= 0.6 is 0 Å². The zero-order valence-electron chi connectivity index (χ0n) is 13.1. The molecular weight excluding hydrogens is 264 g/mol. The molecule has 0 radical (unpaired) electrons. The van der Waals surface area contributed by atoms with Crippen molar-refractivity contribution in [3.8, 4) is 5.75 Å². The summed E-state index contributed by atoms with van der Waals surface area (Å²) in [6.07, 6.45) is 2.24. The van der Waals surface area contributed by atoms with Crippen LogP contribution in [0.5, 0.6) is 5.75 Å². The van der Waals surface area contributed by atoms with Gasteiger partial charge in [0.05, 0.1) is 19.2 Å². The van der Waals surface area contributed by atoms with Crippen LogP contribution in [0, 0.1) is 0 Å². The summed E-state index contributed by atoms with van der Waals surface area (Å²) in [5, 5.41) is 4.42. The summed E-state index contributed by atoms with van der Waals surface area (Å²) < 4.78 is 11.0. The van der Waals surface area contributed by atoms with Crippen molar-refractivity contribution in [2.45, 2.75) is 33.3 Å². The molecule has 0 aliphatic rings. The summed E-state index contributed by atoms with van der Waals surface area (Å²) >= 11 is 0. The van der Waals surface area contributed by atoms with Gasteiger partial charge in [-0.15, -0.1) is 0 Å². The Hall–Kier alpha value is -1.81. The van der Waals surface area contributed by atoms with Crippen molar-refractivity contribution in [3.05, 3.63) is 29.8 Å². The Morgan fingerprint density at radius 2 is 2.05 bits per heavy atom. The lowest BCUT2D eigenvalue weighted by atomic mass is 10.1. The maximum atomic E-state index is 5.74. The van der Waals surface area contributed by atoms with Crippen LogP contribution in [0.2, 0.25) is 0 Å². The fraction of sp³-hybridized carbons (Fsp3) is 0.471. The summed E-state index contributed by atoms with van der Waals surface area (Å²) in [7, 11) is 1.67. The maximum Gasteiger partial charge on any atom is 0.132 e. The molecule has 0 bridgehead atoms. The van der Waals surface area contributed by atoms with E-state index >= 15 is 0 Å². The van der Waals surface area contributed by atoms with Gasteiger partial charge in [0.25, 0.3) is 0 Å². The SMILES string of the molecule is CCCCOCc1cc2ccc(OC)cc2nc1NCC. The van der Waals surface area contributed by atoms with Gasteiger partial charge < -0.3 is 14.8 Å². The van der Waals surface area contributed by atoms with Crippen molar-refractivity contribution in [1.29, 1.82) is 0 Å². The molecule has 0 amide bonds. The Morgan fingerprint density at radius 3 is 2.76 bits per heavy atom. The zero-order valence-corrected chi connectivity index (χ0v) is 13.1. The van der Waals surface area contributed by atoms with Gasteiger partial charge in [-0.25, -0.2) is 4.98 Å². The summed E-state index contributed by atoms with van der Waals surface area (Å²) in [6.45, 7) is 6.46. The molecule has 0 spiro atoms. The van der Waals surface area contributed by atoms with Crippen molar-refractivity contribution in [1.82, 2.24) is 4.98 Å². The third kappa shape index (κ3) is 4.08. The minimum absolute atomic E-state index is 0.595. The van der Waals surface area contributed by atoms with Gasteiger partial charge in [-0.1, -0.05) is 13.3 Å². The average molecular weight is 288 g/mol. The van der Waals surface area contributed by atoms with Gasteiger partial charge >= 0.3 is 0 Å². The van der Waals surface area contributed by atoms with Gasteiger partial charge in [-0.3, -0.25) is 0 Å². The first-order chi connectivity index (χ1) is 10.3. The molecule has 2 rings (SSSR count). The number of rotatable bonds is 8. The highest BCUT2D eigenvalue weighted by Gasteiger charge is 2.07. The molecule has 0 saturated heterocycles. The minimum atomic E-state index is 0.595. The molecule has 114 valence electrons. The molecule has 0 aliphatic carbocycles. The van der Waals surface area contributed by atoms with Gasteiger partial charge in [0, 0.05) is 30.2 Å². The van der Waals surface area contributed by atoms with Crippen molar-refractivity contribution < 1.29 is 9.47 Å². The van der Waals surface area contributed by atoms with Crippen molar-refractivity contribution >= 4 is 16.7 Å². The van der Waals surface area contributed by atoms with E-state index in [1.165, 1.54) is 0 Å². The van der Waals surface area contributed by atoms with Crippen molar-refractivity contribution in [2.24, 2.45) is 0 Å². The Morgan fingerprint density at radius 1 is 1.19 bits per heavy atom. The van der Waals surface area contributed by atoms with Gasteiger partial charge in [-0.05, 0) is 31.5 Å². The van der Waals surface area contributed by atoms with Crippen LogP contribution in [-0.4, -0.2) is 25.2 Å². The highest BCUT2D eigenvalue weighted by molar-refractivity contribution is 5.83. The fourth-order valence-electron chi connectivity index (χ4n) is 2.18. The van der Waals surface area contributed by atoms with Gasteiger partial charge in [-0.2, -0.15) is 0 Å². The smallest absolute Gasteiger partial charge is 0.132 e. The van der Waals surface area contributed by atoms with Crippen LogP contribution < -0.4 is 10.1 Å². The van der Waals surface area contributed by atoms with Gasteiger partial charge in [0.1, 0.15) is 11.6 Å². The Labute approximate surface area is 126 Å². The van der Waals surface area contributed by atoms with E-state index in [-0.39, 0.29) is 0 Å². The fourth-order valence-corrected chi connectivity index (χ4v) is 2.18. The number of fused-ring (bicyclic) bond motifs is 1. The maximum absolute atomic E-state index is 5.74. The van der Waals surface area contributed by atoms with E-state index in [1.807, 2.05) is 18.2 Å². The molecule has 1 aromatic heterocycles. The lowest BCUT2D eigenvalue weighted by Crippen LogP contribution is -2.06. The second-order valence-corrected chi connectivity index (χ2v) is 4.99. The van der Waals surface area contributed by atoms with E-state index < -0.39 is 0 Å². The highest BCUT2D eigenvalue weighted by atomic mass is 16.5. The molecule has 4 heteroatoms. The number of aromatic nitrogens is 1. The summed E-state index contributed by atoms with van der Waals surface area (Å²) in [5.41, 5.74) is 2.04. The lowest BCUT2D eigenvalue weighted by Gasteiger charge is -2.12. The van der Waals surface area contributed by atoms with Crippen molar-refractivity contribution in [3.63, 3.8) is 0 Å². The first-order valence-corrected chi connectivity index (χ1v) is 7.57. The molecule has 2 aromatic rings. The second kappa shape index (κ2) is 7.84. The number of ether oxygens (including phenoxy) is 2. The molecular formula is C17H24N2O2. The molecule has 1 heterocycles. The second-order valence-electron chi connectivity index (χ2n) is 4.99. The molecule has 1 N–H and O–H groups in total. The lowest BCUT2D eigenvalue weighted by molar-refractivity contribution is 0.118. The molecule has 0 unspecified atom stereocenters. The molecule has 0 fully saturated rings. The van der Waals surface area contributed by atoms with Crippen LogP contribution in [0.3, 0.4) is 0 Å². The van der Waals surface area contributed by atoms with E-state index in [9.17, 15) is 0 Å². The topological polar surface area (TPSA) is 43.4 Å². The number of hydrogen-bond acceptors (Lipinski definition) is 4. The van der Waals surface area contributed by atoms with Crippen LogP contribution in [0.25, 0.3) is 10.9 Å². The van der Waals surface area contributed by atoms with E-state index in [0.717, 1.165) is 54.0 Å². The number of benzene rings is 1. The summed E-state index contributed by atoms with van der Waals surface area (Å²) in [4.78, 5) is 4.70. The highest BCUT2D eigenvalue weighted by Crippen LogP contribution is 2.24. The number of hydrogen-bond donors (Lipinski definition) is 1. The molecule has 1 aromatic carbocycles. The van der Waals surface area contributed by atoms with Crippen molar-refractivity contribution in [2.75, 3.05) is 25.6 Å². The molecule has 4 nitrogen and oxygen atoms in total. The zero-order chi connectivity index (χ0) is 15.1. The average Bonchev–Trinajstić information content (AvgIpc) is 2.51. The summed E-state index contributed by atoms with van der Waals surface area (Å²) in [6, 6.07) is 8.09. The number of nitrogens with one attached hydrogen (secondary N) is 1. The Balaban J connectivity index is 2.27. The Bertz CT molecular complexity index is 584. The standard InChI is InChI=1S/C17H24N2O2/c1-4-6-9-21-12-14-10-13-7-8-15(20-3)11-16(13)19-17(14)18-5-2/h7-8,10-11H,4-6,9,12H2,1-3H3,(H,18,19). The van der Waals surface area contributed by atoms with Gasteiger partial charge in [0.15, 0.2) is 0 Å². The van der Waals surface area contributed by atoms with E-state index in [1.54, 1.807) is 7.11 Å². The first-order valence-electron chi connectivity index (χ1n) is 7.57. The Kier molecular flexibility index (Phi) is 5.81. The number of unbranched alkanes of at least 4 members (excludes halogenated alkanes) is 1. The van der Waals surface area contributed by atoms with Gasteiger partial charge in [0.2, 0.25) is 0 Å². The largest absolute Gasteiger partial charge is 0.497 e. The number of anilines is 1. The van der Waals surface area contributed by atoms with E-state index in [2.05, 4.69) is 25.2 Å². The number of pyridine rings is 1. The third-order valence-corrected chi connectivity index (χ3v) is 3.35. The minimum Gasteiger partial charge on any atom is -0.497 e.